The van der Waals surface area contributed by atoms with Gasteiger partial charge in [0.2, 0.25) is 0 Å². The van der Waals surface area contributed by atoms with Crippen LogP contribution in [0.5, 0.6) is 0 Å². The van der Waals surface area contributed by atoms with Gasteiger partial charge in [0.25, 0.3) is 0 Å². The van der Waals surface area contributed by atoms with Crippen LogP contribution in [0.25, 0.3) is 0 Å². The van der Waals surface area contributed by atoms with Crippen LogP contribution in [0.4, 0.5) is 0 Å². The van der Waals surface area contributed by atoms with Crippen molar-refractivity contribution in [2.24, 2.45) is 0 Å². The van der Waals surface area contributed by atoms with Crippen molar-refractivity contribution < 1.29 is 9.53 Å². The van der Waals surface area contributed by atoms with Crippen LogP contribution in [0.1, 0.15) is 46.0 Å². The fraction of sp³-hybridized carbons (Fsp3) is 0.571. The zero-order valence-electron chi connectivity index (χ0n) is 10.5. The molecule has 16 heavy (non-hydrogen) atoms. The Hall–Kier alpha value is -1.05. The SMILES string of the molecule is C=C(C)C(=O)OC[CH]C=CCCCCCC. The molecule has 0 aliphatic rings. The van der Waals surface area contributed by atoms with Crippen LogP contribution < -0.4 is 0 Å². The monoisotopic (exact) mass is 223 g/mol. The van der Waals surface area contributed by atoms with Gasteiger partial charge in [0.1, 0.15) is 0 Å². The van der Waals surface area contributed by atoms with Gasteiger partial charge in [-0.25, -0.2) is 4.79 Å². The van der Waals surface area contributed by atoms with E-state index in [4.69, 9.17) is 4.74 Å². The van der Waals surface area contributed by atoms with E-state index < -0.39 is 0 Å². The Balaban J connectivity index is 3.28. The van der Waals surface area contributed by atoms with Gasteiger partial charge in [-0.1, -0.05) is 44.9 Å². The van der Waals surface area contributed by atoms with E-state index >= 15 is 0 Å². The molecule has 1 radical (unpaired) electrons. The molecule has 0 N–H and O–H groups in total. The summed E-state index contributed by atoms with van der Waals surface area (Å²) in [6.07, 6.45) is 12.1. The molecule has 0 amide bonds. The highest BCUT2D eigenvalue weighted by molar-refractivity contribution is 5.86. The predicted molar refractivity (Wildman–Crippen MR) is 68.0 cm³/mol. The Labute approximate surface area is 99.4 Å². The van der Waals surface area contributed by atoms with Crippen LogP contribution in [-0.2, 0) is 9.53 Å². The van der Waals surface area contributed by atoms with Crippen molar-refractivity contribution in [2.75, 3.05) is 6.61 Å². The normalized spacial score (nSPS) is 10.6. The molecule has 0 aliphatic carbocycles. The Bertz CT molecular complexity index is 229. The lowest BCUT2D eigenvalue weighted by atomic mass is 10.1. The van der Waals surface area contributed by atoms with Gasteiger partial charge in [0, 0.05) is 12.0 Å². The standard InChI is InChI=1S/C14H23O2/c1-4-5-6-7-8-9-10-11-12-16-14(15)13(2)3/h9-11H,2,4-8,12H2,1,3H3. The number of allylic oxidation sites excluding steroid dienone is 1. The second kappa shape index (κ2) is 10.5. The second-order valence-electron chi connectivity index (χ2n) is 3.89. The molecule has 0 aromatic rings. The van der Waals surface area contributed by atoms with E-state index in [1.54, 1.807) is 6.92 Å². The van der Waals surface area contributed by atoms with Crippen molar-refractivity contribution in [3.05, 3.63) is 30.7 Å². The van der Waals surface area contributed by atoms with Gasteiger partial charge in [-0.3, -0.25) is 0 Å². The molecule has 0 spiro atoms. The van der Waals surface area contributed by atoms with Crippen LogP contribution in [0.15, 0.2) is 24.3 Å². The topological polar surface area (TPSA) is 26.3 Å². The molecular weight excluding hydrogens is 200 g/mol. The van der Waals surface area contributed by atoms with E-state index in [1.807, 2.05) is 12.5 Å². The molecule has 0 rings (SSSR count). The molecule has 0 saturated carbocycles. The zero-order valence-corrected chi connectivity index (χ0v) is 10.5. The minimum Gasteiger partial charge on any atom is -0.462 e. The van der Waals surface area contributed by atoms with E-state index in [0.717, 1.165) is 6.42 Å². The van der Waals surface area contributed by atoms with Gasteiger partial charge >= 0.3 is 5.97 Å². The van der Waals surface area contributed by atoms with Gasteiger partial charge in [0.15, 0.2) is 0 Å². The van der Waals surface area contributed by atoms with Crippen molar-refractivity contribution in [1.29, 1.82) is 0 Å². The highest BCUT2D eigenvalue weighted by Crippen LogP contribution is 2.03. The van der Waals surface area contributed by atoms with Crippen LogP contribution in [0.3, 0.4) is 0 Å². The largest absolute Gasteiger partial charge is 0.462 e. The second-order valence-corrected chi connectivity index (χ2v) is 3.89. The number of unbranched alkanes of at least 4 members (excludes halogenated alkanes) is 4. The zero-order chi connectivity index (χ0) is 12.2. The van der Waals surface area contributed by atoms with Gasteiger partial charge in [0.05, 0.1) is 6.61 Å². The smallest absolute Gasteiger partial charge is 0.333 e. The van der Waals surface area contributed by atoms with Crippen LogP contribution in [0.2, 0.25) is 0 Å². The Morgan fingerprint density at radius 3 is 2.69 bits per heavy atom. The Morgan fingerprint density at radius 1 is 1.31 bits per heavy atom. The van der Waals surface area contributed by atoms with Crippen LogP contribution in [0, 0.1) is 6.42 Å². The summed E-state index contributed by atoms with van der Waals surface area (Å²) in [7, 11) is 0. The van der Waals surface area contributed by atoms with Gasteiger partial charge in [-0.2, -0.15) is 0 Å². The lowest BCUT2D eigenvalue weighted by Gasteiger charge is -2.00. The summed E-state index contributed by atoms with van der Waals surface area (Å²) in [4.78, 5) is 11.0. The summed E-state index contributed by atoms with van der Waals surface area (Å²) < 4.78 is 4.90. The molecule has 0 atom stereocenters. The van der Waals surface area contributed by atoms with E-state index in [2.05, 4.69) is 19.6 Å². The molecule has 0 heterocycles. The molecule has 0 aliphatic heterocycles. The van der Waals surface area contributed by atoms with E-state index in [1.165, 1.54) is 25.7 Å². The fourth-order valence-corrected chi connectivity index (χ4v) is 1.18. The van der Waals surface area contributed by atoms with Crippen molar-refractivity contribution >= 4 is 5.97 Å². The molecular formula is C14H23O2. The number of carbonyl (C=O) groups excluding carboxylic acids is 1. The summed E-state index contributed by atoms with van der Waals surface area (Å²) in [5, 5.41) is 0. The minimum absolute atomic E-state index is 0.326. The van der Waals surface area contributed by atoms with Crippen molar-refractivity contribution in [2.45, 2.75) is 46.0 Å². The summed E-state index contributed by atoms with van der Waals surface area (Å²) in [5.41, 5.74) is 0.442. The van der Waals surface area contributed by atoms with Crippen LogP contribution in [-0.4, -0.2) is 12.6 Å². The third-order valence-corrected chi connectivity index (χ3v) is 2.16. The lowest BCUT2D eigenvalue weighted by molar-refractivity contribution is -0.137. The number of hydrogen-bond donors (Lipinski definition) is 0. The maximum Gasteiger partial charge on any atom is 0.333 e. The van der Waals surface area contributed by atoms with Gasteiger partial charge in [-0.05, 0) is 19.8 Å². The first-order chi connectivity index (χ1) is 7.68. The van der Waals surface area contributed by atoms with Crippen molar-refractivity contribution in [3.63, 3.8) is 0 Å². The number of esters is 1. The highest BCUT2D eigenvalue weighted by Gasteiger charge is 2.00. The molecule has 0 bridgehead atoms. The van der Waals surface area contributed by atoms with E-state index in [0.29, 0.717) is 12.2 Å². The van der Waals surface area contributed by atoms with Crippen molar-refractivity contribution in [1.82, 2.24) is 0 Å². The van der Waals surface area contributed by atoms with E-state index in [-0.39, 0.29) is 5.97 Å². The van der Waals surface area contributed by atoms with Crippen LogP contribution >= 0.6 is 0 Å². The first-order valence-electron chi connectivity index (χ1n) is 5.99. The average Bonchev–Trinajstić information content (AvgIpc) is 2.26. The molecule has 0 aromatic heterocycles. The minimum atomic E-state index is -0.326. The number of carbonyl (C=O) groups is 1. The molecule has 2 nitrogen and oxygen atoms in total. The van der Waals surface area contributed by atoms with Gasteiger partial charge < -0.3 is 4.74 Å². The summed E-state index contributed by atoms with van der Waals surface area (Å²) in [6, 6.07) is 0. The third kappa shape index (κ3) is 9.50. The lowest BCUT2D eigenvalue weighted by Crippen LogP contribution is -2.05. The summed E-state index contributed by atoms with van der Waals surface area (Å²) >= 11 is 0. The summed E-state index contributed by atoms with van der Waals surface area (Å²) in [5.74, 6) is -0.326. The summed E-state index contributed by atoms with van der Waals surface area (Å²) in [6.45, 7) is 7.69. The molecule has 91 valence electrons. The fourth-order valence-electron chi connectivity index (χ4n) is 1.18. The maximum atomic E-state index is 11.0. The van der Waals surface area contributed by atoms with E-state index in [9.17, 15) is 4.79 Å². The number of hydrogen-bond acceptors (Lipinski definition) is 2. The molecule has 2 heteroatoms. The quantitative estimate of drug-likeness (QED) is 0.337. The van der Waals surface area contributed by atoms with Gasteiger partial charge in [-0.15, -0.1) is 0 Å². The Morgan fingerprint density at radius 2 is 2.06 bits per heavy atom. The molecule has 0 saturated heterocycles. The first kappa shape index (κ1) is 14.9. The predicted octanol–water partition coefficient (Wildman–Crippen LogP) is 3.84. The maximum absolute atomic E-state index is 11.0. The molecule has 0 fully saturated rings. The first-order valence-corrected chi connectivity index (χ1v) is 5.99. The molecule has 0 unspecified atom stereocenters. The highest BCUT2D eigenvalue weighted by atomic mass is 16.5. The Kier molecular flexibility index (Phi) is 9.78. The number of ether oxygens (including phenoxy) is 1. The van der Waals surface area contributed by atoms with Crippen molar-refractivity contribution in [3.8, 4) is 0 Å². The third-order valence-electron chi connectivity index (χ3n) is 2.16. The molecule has 0 aromatic carbocycles. The average molecular weight is 223 g/mol. The number of rotatable bonds is 9.